The number of aryl methyl sites for hydroxylation is 2. The first-order valence-electron chi connectivity index (χ1n) is 7.45. The summed E-state index contributed by atoms with van der Waals surface area (Å²) >= 11 is 0. The normalized spacial score (nSPS) is 12.2. The second-order valence-electron chi connectivity index (χ2n) is 5.35. The highest BCUT2D eigenvalue weighted by Gasteiger charge is 2.18. The van der Waals surface area contributed by atoms with Crippen LogP contribution in [0.3, 0.4) is 0 Å². The Morgan fingerprint density at radius 1 is 1.19 bits per heavy atom. The first-order valence-corrected chi connectivity index (χ1v) is 7.45. The van der Waals surface area contributed by atoms with Crippen molar-refractivity contribution in [3.05, 3.63) is 58.9 Å². The van der Waals surface area contributed by atoms with Crippen LogP contribution in [0.1, 0.15) is 41.6 Å². The highest BCUT2D eigenvalue weighted by Crippen LogP contribution is 2.30. The van der Waals surface area contributed by atoms with E-state index in [0.29, 0.717) is 0 Å². The molecule has 0 saturated carbocycles. The second kappa shape index (κ2) is 7.23. The van der Waals surface area contributed by atoms with Crippen molar-refractivity contribution in [2.75, 3.05) is 13.7 Å². The molecule has 0 saturated heterocycles. The first kappa shape index (κ1) is 15.5. The Balaban J connectivity index is 2.44. The molecule has 0 aliphatic heterocycles. The van der Waals surface area contributed by atoms with E-state index >= 15 is 0 Å². The molecule has 112 valence electrons. The molecule has 0 amide bonds. The molecule has 0 bridgehead atoms. The lowest BCUT2D eigenvalue weighted by Crippen LogP contribution is -2.24. The predicted octanol–water partition coefficient (Wildman–Crippen LogP) is 3.80. The number of aromatic nitrogens is 1. The Labute approximate surface area is 127 Å². The van der Waals surface area contributed by atoms with Gasteiger partial charge in [-0.15, -0.1) is 0 Å². The molecule has 3 nitrogen and oxygen atoms in total. The summed E-state index contributed by atoms with van der Waals surface area (Å²) in [6.45, 7) is 7.43. The summed E-state index contributed by atoms with van der Waals surface area (Å²) in [4.78, 5) is 4.15. The van der Waals surface area contributed by atoms with Gasteiger partial charge in [-0.3, -0.25) is 4.98 Å². The molecule has 2 aromatic rings. The van der Waals surface area contributed by atoms with E-state index in [1.54, 1.807) is 13.3 Å². The zero-order chi connectivity index (χ0) is 15.2. The van der Waals surface area contributed by atoms with E-state index in [4.69, 9.17) is 4.74 Å². The topological polar surface area (TPSA) is 34.2 Å². The van der Waals surface area contributed by atoms with Gasteiger partial charge in [0.05, 0.1) is 19.3 Å². The number of pyridine rings is 1. The Hall–Kier alpha value is -1.87. The fourth-order valence-electron chi connectivity index (χ4n) is 2.44. The van der Waals surface area contributed by atoms with Crippen molar-refractivity contribution in [3.8, 4) is 5.75 Å². The summed E-state index contributed by atoms with van der Waals surface area (Å²) in [6.07, 6.45) is 4.69. The average Bonchev–Trinajstić information content (AvgIpc) is 2.51. The van der Waals surface area contributed by atoms with E-state index in [2.05, 4.69) is 49.3 Å². The molecule has 3 heteroatoms. The van der Waals surface area contributed by atoms with Crippen molar-refractivity contribution in [2.24, 2.45) is 0 Å². The van der Waals surface area contributed by atoms with Crippen molar-refractivity contribution in [3.63, 3.8) is 0 Å². The minimum absolute atomic E-state index is 0.127. The Morgan fingerprint density at radius 3 is 2.67 bits per heavy atom. The monoisotopic (exact) mass is 284 g/mol. The van der Waals surface area contributed by atoms with Crippen LogP contribution < -0.4 is 10.1 Å². The zero-order valence-corrected chi connectivity index (χ0v) is 13.3. The van der Waals surface area contributed by atoms with Gasteiger partial charge in [-0.2, -0.15) is 0 Å². The number of methoxy groups -OCH3 is 1. The molecule has 0 aliphatic rings. The molecule has 0 fully saturated rings. The van der Waals surface area contributed by atoms with Gasteiger partial charge in [0.2, 0.25) is 0 Å². The summed E-state index contributed by atoms with van der Waals surface area (Å²) in [7, 11) is 1.69. The third-order valence-electron chi connectivity index (χ3n) is 3.81. The molecule has 1 unspecified atom stereocenters. The van der Waals surface area contributed by atoms with Gasteiger partial charge in [-0.1, -0.05) is 25.1 Å². The summed E-state index contributed by atoms with van der Waals surface area (Å²) in [5.74, 6) is 0.823. The van der Waals surface area contributed by atoms with Crippen molar-refractivity contribution in [2.45, 2.75) is 33.2 Å². The Morgan fingerprint density at radius 2 is 2.00 bits per heavy atom. The largest absolute Gasteiger partial charge is 0.495 e. The maximum atomic E-state index is 5.48. The Kier molecular flexibility index (Phi) is 5.34. The third-order valence-corrected chi connectivity index (χ3v) is 3.81. The van der Waals surface area contributed by atoms with Gasteiger partial charge in [-0.05, 0) is 49.6 Å². The van der Waals surface area contributed by atoms with E-state index in [-0.39, 0.29) is 6.04 Å². The van der Waals surface area contributed by atoms with Gasteiger partial charge in [0, 0.05) is 11.8 Å². The van der Waals surface area contributed by atoms with Crippen LogP contribution in [0.4, 0.5) is 0 Å². The first-order chi connectivity index (χ1) is 10.2. The molecule has 1 N–H and O–H groups in total. The maximum absolute atomic E-state index is 5.48. The number of ether oxygens (including phenoxy) is 1. The second-order valence-corrected chi connectivity index (χ2v) is 5.35. The molecule has 1 aromatic heterocycles. The summed E-state index contributed by atoms with van der Waals surface area (Å²) in [5.41, 5.74) is 5.01. The number of nitrogens with one attached hydrogen (secondary N) is 1. The van der Waals surface area contributed by atoms with Gasteiger partial charge in [0.25, 0.3) is 0 Å². The summed E-state index contributed by atoms with van der Waals surface area (Å²) in [6, 6.07) is 8.78. The van der Waals surface area contributed by atoms with E-state index < -0.39 is 0 Å². The fraction of sp³-hybridized carbons (Fsp3) is 0.389. The third kappa shape index (κ3) is 3.61. The van der Waals surface area contributed by atoms with Crippen LogP contribution in [-0.2, 0) is 0 Å². The van der Waals surface area contributed by atoms with Crippen LogP contribution in [0.15, 0.2) is 36.7 Å². The van der Waals surface area contributed by atoms with E-state index in [9.17, 15) is 0 Å². The van der Waals surface area contributed by atoms with Gasteiger partial charge in [0.15, 0.2) is 0 Å². The molecular weight excluding hydrogens is 260 g/mol. The number of rotatable bonds is 6. The average molecular weight is 284 g/mol. The SMILES string of the molecule is CCCNC(c1ccc(C)c(C)c1)c1ccncc1OC. The van der Waals surface area contributed by atoms with Crippen molar-refractivity contribution >= 4 is 0 Å². The standard InChI is InChI=1S/C18H24N2O/c1-5-9-20-18(15-7-6-13(2)14(3)11-15)16-8-10-19-12-17(16)21-4/h6-8,10-12,18,20H,5,9H2,1-4H3. The number of benzene rings is 1. The van der Waals surface area contributed by atoms with Gasteiger partial charge in [0.1, 0.15) is 5.75 Å². The lowest BCUT2D eigenvalue weighted by atomic mass is 9.95. The lowest BCUT2D eigenvalue weighted by molar-refractivity contribution is 0.402. The van der Waals surface area contributed by atoms with E-state index in [1.807, 2.05) is 12.3 Å². The fourth-order valence-corrected chi connectivity index (χ4v) is 2.44. The maximum Gasteiger partial charge on any atom is 0.142 e. The van der Waals surface area contributed by atoms with Crippen LogP contribution >= 0.6 is 0 Å². The lowest BCUT2D eigenvalue weighted by Gasteiger charge is -2.22. The van der Waals surface area contributed by atoms with Crippen LogP contribution in [0.5, 0.6) is 5.75 Å². The van der Waals surface area contributed by atoms with Gasteiger partial charge < -0.3 is 10.1 Å². The van der Waals surface area contributed by atoms with Crippen LogP contribution in [-0.4, -0.2) is 18.6 Å². The van der Waals surface area contributed by atoms with Gasteiger partial charge >= 0.3 is 0 Å². The van der Waals surface area contributed by atoms with E-state index in [0.717, 1.165) is 24.3 Å². The van der Waals surface area contributed by atoms with Crippen LogP contribution in [0.2, 0.25) is 0 Å². The highest BCUT2D eigenvalue weighted by atomic mass is 16.5. The minimum atomic E-state index is 0.127. The zero-order valence-electron chi connectivity index (χ0n) is 13.3. The Bertz CT molecular complexity index is 596. The summed E-state index contributed by atoms with van der Waals surface area (Å²) in [5, 5.41) is 3.62. The molecule has 0 spiro atoms. The molecular formula is C18H24N2O. The molecule has 1 aromatic carbocycles. The molecule has 21 heavy (non-hydrogen) atoms. The van der Waals surface area contributed by atoms with Crippen LogP contribution in [0.25, 0.3) is 0 Å². The quantitative estimate of drug-likeness (QED) is 0.876. The smallest absolute Gasteiger partial charge is 0.142 e. The van der Waals surface area contributed by atoms with Crippen molar-refractivity contribution < 1.29 is 4.74 Å². The van der Waals surface area contributed by atoms with Crippen molar-refractivity contribution in [1.29, 1.82) is 0 Å². The number of hydrogen-bond acceptors (Lipinski definition) is 3. The predicted molar refractivity (Wildman–Crippen MR) is 86.8 cm³/mol. The molecule has 1 atom stereocenters. The highest BCUT2D eigenvalue weighted by molar-refractivity contribution is 5.42. The number of nitrogens with zero attached hydrogens (tertiary/aromatic N) is 1. The molecule has 0 aliphatic carbocycles. The molecule has 2 rings (SSSR count). The van der Waals surface area contributed by atoms with Crippen molar-refractivity contribution in [1.82, 2.24) is 10.3 Å². The molecule has 0 radical (unpaired) electrons. The minimum Gasteiger partial charge on any atom is -0.495 e. The molecule has 1 heterocycles. The van der Waals surface area contributed by atoms with Gasteiger partial charge in [-0.25, -0.2) is 0 Å². The number of hydrogen-bond donors (Lipinski definition) is 1. The van der Waals surface area contributed by atoms with E-state index in [1.165, 1.54) is 16.7 Å². The van der Waals surface area contributed by atoms with Crippen LogP contribution in [0, 0.1) is 13.8 Å². The summed E-state index contributed by atoms with van der Waals surface area (Å²) < 4.78 is 5.48.